The van der Waals surface area contributed by atoms with Crippen LogP contribution in [0.15, 0.2) is 47.9 Å². The lowest BCUT2D eigenvalue weighted by Crippen LogP contribution is -2.58. The molecule has 5 heterocycles. The van der Waals surface area contributed by atoms with Crippen molar-refractivity contribution >= 4 is 57.9 Å². The number of hydrogen-bond donors (Lipinski definition) is 0. The van der Waals surface area contributed by atoms with E-state index in [1.807, 2.05) is 32.6 Å². The van der Waals surface area contributed by atoms with Crippen LogP contribution in [0.2, 0.25) is 5.02 Å². The number of aromatic nitrogens is 4. The van der Waals surface area contributed by atoms with Crippen LogP contribution >= 0.6 is 11.6 Å². The van der Waals surface area contributed by atoms with Gasteiger partial charge in [-0.15, -0.1) is 0 Å². The molecule has 246 valence electrons. The lowest BCUT2D eigenvalue weighted by molar-refractivity contribution is -0.128. The molecule has 0 saturated carbocycles. The first kappa shape index (κ1) is 33.5. The highest BCUT2D eigenvalue weighted by Gasteiger charge is 2.37. The second kappa shape index (κ2) is 12.3. The van der Waals surface area contributed by atoms with E-state index < -0.39 is 28.7 Å². The number of fused-ring (bicyclic) bond motifs is 5. The smallest absolute Gasteiger partial charge is 0.356 e. The van der Waals surface area contributed by atoms with E-state index in [0.717, 1.165) is 12.1 Å². The van der Waals surface area contributed by atoms with Crippen LogP contribution in [0.5, 0.6) is 11.5 Å². The van der Waals surface area contributed by atoms with Crippen molar-refractivity contribution in [3.63, 3.8) is 0 Å². The molecule has 16 heteroatoms. The quantitative estimate of drug-likeness (QED) is 0.241. The summed E-state index contributed by atoms with van der Waals surface area (Å²) in [6.45, 7) is 12.0. The molecular weight excluding hydrogens is 638 g/mol. The van der Waals surface area contributed by atoms with Crippen molar-refractivity contribution in [1.82, 2.24) is 24.4 Å². The number of carbonyl (C=O) groups is 1. The van der Waals surface area contributed by atoms with Crippen molar-refractivity contribution < 1.29 is 23.0 Å². The first-order valence-electron chi connectivity index (χ1n) is 15.8. The number of benzene rings is 1. The van der Waals surface area contributed by atoms with Crippen molar-refractivity contribution in [2.45, 2.75) is 57.1 Å². The average molecular weight is 673 g/mol. The Morgan fingerprint density at radius 1 is 1.15 bits per heavy atom. The number of hydrogen-bond acceptors (Lipinski definition) is 8. The van der Waals surface area contributed by atoms with Crippen LogP contribution in [-0.4, -0.2) is 90.4 Å². The zero-order valence-electron chi connectivity index (χ0n) is 27.8. The van der Waals surface area contributed by atoms with Gasteiger partial charge in [0.25, 0.3) is 0 Å². The topological polar surface area (TPSA) is 103 Å². The second-order valence-electron chi connectivity index (χ2n) is 13.2. The van der Waals surface area contributed by atoms with Gasteiger partial charge in [0.1, 0.15) is 23.1 Å². The molecule has 2 aliphatic heterocycles. The normalized spacial score (nSPS) is 20.3. The van der Waals surface area contributed by atoms with E-state index in [0.29, 0.717) is 35.6 Å². The maximum absolute atomic E-state index is 15.8. The standard InChI is InChI=1S/C32H34B3ClF2N6O4/c1-6-22(45)42-12-16(5)43(13-15(42)4)28-17-11-18(36)25-23-19(37)7-8-20(38)27(23)47-30(33)32(34,35)48-21-9-10-39-24(14(2)3)26(21)44(29(17)40-25)31(46)41-28/h6-11,14-16,30H,1,12-13,33-35H2,2-5H3/t15-,16+,30+/m1/s1. The molecule has 48 heavy (non-hydrogen) atoms. The van der Waals surface area contributed by atoms with Gasteiger partial charge < -0.3 is 19.3 Å². The van der Waals surface area contributed by atoms with Crippen LogP contribution in [0.4, 0.5) is 14.6 Å². The van der Waals surface area contributed by atoms with E-state index in [-0.39, 0.29) is 57.4 Å². The SMILES string of the molecule is B[C@H]1Oc2c(F)ccc(F)c2-c2nc3c(cc2Cl)c(N2C[C@@H](C)N(C(=O)C=C)C[C@@H]2C)nc(=O)n3-c2c(ccnc2C(C)C)OC1(B)B. The molecule has 2 bridgehead atoms. The molecule has 0 unspecified atom stereocenters. The number of rotatable bonds is 3. The Kier molecular flexibility index (Phi) is 8.55. The molecular formula is C32H34B3ClF2N6O4. The minimum absolute atomic E-state index is 0.0120. The highest BCUT2D eigenvalue weighted by molar-refractivity contribution is 6.43. The Morgan fingerprint density at radius 3 is 2.54 bits per heavy atom. The molecule has 4 aromatic rings. The van der Waals surface area contributed by atoms with Gasteiger partial charge in [-0.05, 0) is 44.0 Å². The predicted molar refractivity (Wildman–Crippen MR) is 189 cm³/mol. The molecule has 0 aliphatic carbocycles. The van der Waals surface area contributed by atoms with E-state index in [4.69, 9.17) is 26.1 Å². The molecule has 0 radical (unpaired) electrons. The number of carbonyl (C=O) groups excluding carboxylic acids is 1. The minimum Gasteiger partial charge on any atom is -0.500 e. The average Bonchev–Trinajstić information content (AvgIpc) is 3.03. The minimum atomic E-state index is -1.13. The Morgan fingerprint density at radius 2 is 1.85 bits per heavy atom. The first-order valence-corrected chi connectivity index (χ1v) is 16.2. The van der Waals surface area contributed by atoms with E-state index in [2.05, 4.69) is 16.5 Å². The van der Waals surface area contributed by atoms with Crippen LogP contribution in [0.3, 0.4) is 0 Å². The molecule has 10 nitrogen and oxygen atoms in total. The molecule has 3 atom stereocenters. The van der Waals surface area contributed by atoms with Gasteiger partial charge in [-0.25, -0.2) is 23.1 Å². The van der Waals surface area contributed by atoms with Gasteiger partial charge in [0.2, 0.25) is 5.91 Å². The molecule has 1 fully saturated rings. The zero-order chi connectivity index (χ0) is 34.8. The summed E-state index contributed by atoms with van der Waals surface area (Å²) in [6.07, 6.45) is 2.86. The number of anilines is 1. The zero-order valence-corrected chi connectivity index (χ0v) is 28.6. The van der Waals surface area contributed by atoms with Gasteiger partial charge in [0.05, 0.1) is 38.8 Å². The molecule has 2 aliphatic rings. The first-order chi connectivity index (χ1) is 22.6. The van der Waals surface area contributed by atoms with E-state index >= 15 is 8.78 Å². The fourth-order valence-corrected chi connectivity index (χ4v) is 6.53. The third kappa shape index (κ3) is 5.51. The van der Waals surface area contributed by atoms with Crippen molar-refractivity contribution in [1.29, 1.82) is 0 Å². The highest BCUT2D eigenvalue weighted by Crippen LogP contribution is 2.43. The number of pyridine rings is 2. The Hall–Kier alpha value is -4.39. The van der Waals surface area contributed by atoms with Gasteiger partial charge in [0, 0.05) is 37.4 Å². The van der Waals surface area contributed by atoms with Crippen LogP contribution in [0.25, 0.3) is 28.0 Å². The predicted octanol–water partition coefficient (Wildman–Crippen LogP) is 2.16. The van der Waals surface area contributed by atoms with E-state index in [1.165, 1.54) is 10.6 Å². The third-order valence-corrected chi connectivity index (χ3v) is 9.43. The van der Waals surface area contributed by atoms with Gasteiger partial charge in [0.15, 0.2) is 40.8 Å². The largest absolute Gasteiger partial charge is 0.500 e. The summed E-state index contributed by atoms with van der Waals surface area (Å²) in [6, 6.07) is 3.79. The van der Waals surface area contributed by atoms with Crippen molar-refractivity contribution in [2.75, 3.05) is 18.0 Å². The van der Waals surface area contributed by atoms with Crippen molar-refractivity contribution in [3.05, 3.63) is 76.0 Å². The molecule has 0 spiro atoms. The Balaban J connectivity index is 1.74. The molecule has 1 saturated heterocycles. The van der Waals surface area contributed by atoms with Gasteiger partial charge in [-0.1, -0.05) is 32.0 Å². The lowest BCUT2D eigenvalue weighted by Gasteiger charge is -2.44. The monoisotopic (exact) mass is 672 g/mol. The third-order valence-electron chi connectivity index (χ3n) is 9.15. The molecule has 3 aromatic heterocycles. The second-order valence-corrected chi connectivity index (χ2v) is 13.6. The van der Waals surface area contributed by atoms with Gasteiger partial charge in [-0.2, -0.15) is 4.98 Å². The summed E-state index contributed by atoms with van der Waals surface area (Å²) in [5.74, 6) is -1.82. The number of nitrogens with zero attached hydrogens (tertiary/aromatic N) is 6. The summed E-state index contributed by atoms with van der Waals surface area (Å²) in [7, 11) is 5.19. The van der Waals surface area contributed by atoms with Crippen LogP contribution in [-0.2, 0) is 4.79 Å². The summed E-state index contributed by atoms with van der Waals surface area (Å²) >= 11 is 6.91. The van der Waals surface area contributed by atoms with E-state index in [9.17, 15) is 9.59 Å². The molecule has 1 aromatic carbocycles. The summed E-state index contributed by atoms with van der Waals surface area (Å²) in [5, 5.41) is -0.768. The number of amides is 1. The maximum Gasteiger partial charge on any atom is 0.356 e. The van der Waals surface area contributed by atoms with Crippen LogP contribution in [0.1, 0.15) is 39.3 Å². The lowest BCUT2D eigenvalue weighted by atomic mass is 9.56. The molecule has 0 N–H and O–H groups in total. The van der Waals surface area contributed by atoms with Crippen LogP contribution < -0.4 is 20.1 Å². The van der Waals surface area contributed by atoms with Gasteiger partial charge in [-0.3, -0.25) is 9.78 Å². The number of piperazine rings is 1. The maximum atomic E-state index is 15.8. The summed E-state index contributed by atoms with van der Waals surface area (Å²) < 4.78 is 45.4. The highest BCUT2D eigenvalue weighted by atomic mass is 35.5. The fourth-order valence-electron chi connectivity index (χ4n) is 6.28. The number of halogens is 3. The molecule has 6 rings (SSSR count). The Labute approximate surface area is 284 Å². The van der Waals surface area contributed by atoms with Crippen LogP contribution in [0, 0.1) is 11.6 Å². The fraction of sp³-hybridized carbons (Fsp3) is 0.344. The molecule has 1 amide bonds. The van der Waals surface area contributed by atoms with Crippen molar-refractivity contribution in [3.8, 4) is 28.4 Å². The van der Waals surface area contributed by atoms with Crippen molar-refractivity contribution in [2.24, 2.45) is 0 Å². The Bertz CT molecular complexity index is 2050. The number of ether oxygens (including phenoxy) is 2. The van der Waals surface area contributed by atoms with Gasteiger partial charge >= 0.3 is 5.69 Å². The van der Waals surface area contributed by atoms with E-state index in [1.54, 1.807) is 46.8 Å². The summed E-state index contributed by atoms with van der Waals surface area (Å²) in [5.41, 5.74) is -0.188. The summed E-state index contributed by atoms with van der Waals surface area (Å²) in [4.78, 5) is 44.7.